The Labute approximate surface area is 229 Å². The predicted octanol–water partition coefficient (Wildman–Crippen LogP) is 3.43. The molecule has 0 radical (unpaired) electrons. The van der Waals surface area contributed by atoms with Gasteiger partial charge in [0.1, 0.15) is 17.3 Å². The first-order chi connectivity index (χ1) is 18.1. The number of carbonyl (C=O) groups excluding carboxylic acids is 2. The van der Waals surface area contributed by atoms with Gasteiger partial charge in [-0.25, -0.2) is 4.39 Å². The second-order valence-electron chi connectivity index (χ2n) is 11.2. The number of carbonyl (C=O) groups is 2. The van der Waals surface area contributed by atoms with Gasteiger partial charge in [-0.3, -0.25) is 9.59 Å². The average Bonchev–Trinajstić information content (AvgIpc) is 3.62. The van der Waals surface area contributed by atoms with Crippen molar-refractivity contribution in [1.82, 2.24) is 16.0 Å². The molecule has 4 fully saturated rings. The Bertz CT molecular complexity index is 1280. The minimum absolute atomic E-state index is 0.0148. The van der Waals surface area contributed by atoms with E-state index in [4.69, 9.17) is 32.7 Å². The van der Waals surface area contributed by atoms with Crippen LogP contribution >= 0.6 is 23.2 Å². The van der Waals surface area contributed by atoms with Crippen molar-refractivity contribution in [2.24, 2.45) is 0 Å². The van der Waals surface area contributed by atoms with Crippen LogP contribution in [0.15, 0.2) is 36.4 Å². The van der Waals surface area contributed by atoms with E-state index in [2.05, 4.69) is 16.0 Å². The zero-order chi connectivity index (χ0) is 26.7. The van der Waals surface area contributed by atoms with Crippen molar-refractivity contribution in [2.45, 2.75) is 67.3 Å². The third-order valence-electron chi connectivity index (χ3n) is 8.08. The van der Waals surface area contributed by atoms with Crippen LogP contribution in [0.2, 0.25) is 10.0 Å². The van der Waals surface area contributed by atoms with E-state index < -0.39 is 11.9 Å². The van der Waals surface area contributed by atoms with Gasteiger partial charge in [0.15, 0.2) is 12.7 Å². The molecule has 4 saturated carbocycles. The Morgan fingerprint density at radius 1 is 1.08 bits per heavy atom. The molecule has 202 valence electrons. The van der Waals surface area contributed by atoms with Crippen LogP contribution < -0.4 is 25.4 Å². The van der Waals surface area contributed by atoms with Crippen LogP contribution in [0.4, 0.5) is 4.39 Å². The number of fused-ring (bicyclic) bond motifs is 1. The number of rotatable bonds is 9. The van der Waals surface area contributed by atoms with Crippen LogP contribution in [-0.4, -0.2) is 52.9 Å². The number of aliphatic hydroxyl groups excluding tert-OH is 1. The van der Waals surface area contributed by atoms with E-state index in [9.17, 15) is 19.1 Å². The van der Waals surface area contributed by atoms with E-state index in [1.165, 1.54) is 12.1 Å². The minimum atomic E-state index is -0.691. The lowest BCUT2D eigenvalue weighted by Gasteiger charge is -2.70. The molecule has 38 heavy (non-hydrogen) atoms. The van der Waals surface area contributed by atoms with Crippen LogP contribution in [-0.2, 0) is 9.59 Å². The van der Waals surface area contributed by atoms with E-state index in [1.54, 1.807) is 12.1 Å². The smallest absolute Gasteiger partial charge is 0.261 e. The molecule has 1 heterocycles. The maximum atomic E-state index is 13.6. The summed E-state index contributed by atoms with van der Waals surface area (Å²) in [7, 11) is 0. The first-order valence-corrected chi connectivity index (χ1v) is 13.4. The standard InChI is InChI=1S/C27H28Cl2FN3O5/c28-15-1-4-21-17(7-15)20(31-25(14-34)5-6-25)9-22(38-21)24(36)33-27-11-26(12-27,13-27)32-23(35)10-37-16-2-3-18(29)19(30)8-16/h1-4,7-8,20,22,31,34H,5-6,9-14H2,(H,32,35)(H,33,36). The van der Waals surface area contributed by atoms with Crippen molar-refractivity contribution in [1.29, 1.82) is 0 Å². The SMILES string of the molecule is O=C(COc1ccc(Cl)c(F)c1)NC12CC(NC(=O)C3CC(NC4(CO)CC4)c4cc(Cl)ccc4O3)(C1)C2. The lowest BCUT2D eigenvalue weighted by molar-refractivity contribution is -0.154. The Morgan fingerprint density at radius 2 is 1.82 bits per heavy atom. The molecule has 8 nitrogen and oxygen atoms in total. The second-order valence-corrected chi connectivity index (χ2v) is 12.0. The molecule has 2 unspecified atom stereocenters. The molecule has 4 aliphatic carbocycles. The van der Waals surface area contributed by atoms with Crippen molar-refractivity contribution in [3.8, 4) is 11.5 Å². The summed E-state index contributed by atoms with van der Waals surface area (Å²) in [6.07, 6.45) is 3.37. The number of halogens is 3. The topological polar surface area (TPSA) is 109 Å². The van der Waals surface area contributed by atoms with Crippen LogP contribution in [0.25, 0.3) is 0 Å². The maximum absolute atomic E-state index is 13.6. The molecule has 2 aromatic rings. The monoisotopic (exact) mass is 563 g/mol. The largest absolute Gasteiger partial charge is 0.484 e. The summed E-state index contributed by atoms with van der Waals surface area (Å²) in [6.45, 7) is -0.207. The third-order valence-corrected chi connectivity index (χ3v) is 8.62. The van der Waals surface area contributed by atoms with E-state index in [-0.39, 0.29) is 58.5 Å². The number of ether oxygens (including phenoxy) is 2. The van der Waals surface area contributed by atoms with E-state index in [1.807, 2.05) is 6.07 Å². The second kappa shape index (κ2) is 9.26. The lowest BCUT2D eigenvalue weighted by atomic mass is 9.44. The molecule has 0 spiro atoms. The fraction of sp³-hybridized carbons (Fsp3) is 0.481. The van der Waals surface area contributed by atoms with Gasteiger partial charge in [0, 0.05) is 45.7 Å². The zero-order valence-electron chi connectivity index (χ0n) is 20.5. The van der Waals surface area contributed by atoms with Gasteiger partial charge < -0.3 is 30.5 Å². The average molecular weight is 564 g/mol. The highest BCUT2D eigenvalue weighted by molar-refractivity contribution is 6.31. The van der Waals surface area contributed by atoms with Crippen molar-refractivity contribution < 1.29 is 28.6 Å². The van der Waals surface area contributed by atoms with Crippen LogP contribution in [0, 0.1) is 5.82 Å². The quantitative estimate of drug-likeness (QED) is 0.372. The summed E-state index contributed by atoms with van der Waals surface area (Å²) in [5.41, 5.74) is -0.150. The molecule has 7 rings (SSSR count). The fourth-order valence-electron chi connectivity index (χ4n) is 6.05. The van der Waals surface area contributed by atoms with Gasteiger partial charge in [-0.2, -0.15) is 0 Å². The normalized spacial score (nSPS) is 29.6. The van der Waals surface area contributed by atoms with Crippen LogP contribution in [0.1, 0.15) is 50.1 Å². The molecule has 2 bridgehead atoms. The molecule has 2 atom stereocenters. The third kappa shape index (κ3) is 4.81. The van der Waals surface area contributed by atoms with E-state index in [0.717, 1.165) is 24.5 Å². The molecule has 0 aromatic heterocycles. The number of nitrogens with one attached hydrogen (secondary N) is 3. The highest BCUT2D eigenvalue weighted by atomic mass is 35.5. The molecule has 2 amide bonds. The minimum Gasteiger partial charge on any atom is -0.484 e. The highest BCUT2D eigenvalue weighted by Crippen LogP contribution is 2.60. The summed E-state index contributed by atoms with van der Waals surface area (Å²) >= 11 is 11.9. The van der Waals surface area contributed by atoms with Crippen molar-refractivity contribution >= 4 is 35.0 Å². The van der Waals surface area contributed by atoms with Gasteiger partial charge in [-0.1, -0.05) is 23.2 Å². The van der Waals surface area contributed by atoms with Crippen LogP contribution in [0.5, 0.6) is 11.5 Å². The molecule has 2 aromatic carbocycles. The Kier molecular flexibility index (Phi) is 6.26. The molecule has 0 saturated heterocycles. The fourth-order valence-corrected chi connectivity index (χ4v) is 6.35. The summed E-state index contributed by atoms with van der Waals surface area (Å²) in [5, 5.41) is 20.0. The van der Waals surface area contributed by atoms with E-state index >= 15 is 0 Å². The lowest BCUT2D eigenvalue weighted by Crippen LogP contribution is -2.84. The molecule has 1 aliphatic heterocycles. The summed E-state index contributed by atoms with van der Waals surface area (Å²) in [4.78, 5) is 25.7. The van der Waals surface area contributed by atoms with Crippen molar-refractivity contribution in [3.05, 3.63) is 57.8 Å². The Morgan fingerprint density at radius 3 is 2.50 bits per heavy atom. The van der Waals surface area contributed by atoms with Gasteiger partial charge in [-0.05, 0) is 62.4 Å². The van der Waals surface area contributed by atoms with Gasteiger partial charge in [0.2, 0.25) is 0 Å². The first-order valence-electron chi connectivity index (χ1n) is 12.7. The van der Waals surface area contributed by atoms with Crippen molar-refractivity contribution in [2.75, 3.05) is 13.2 Å². The Hall–Kier alpha value is -2.59. The first kappa shape index (κ1) is 25.7. The molecule has 4 N–H and O–H groups in total. The molecule has 11 heteroatoms. The number of aliphatic hydroxyl groups is 1. The van der Waals surface area contributed by atoms with Gasteiger partial charge in [0.25, 0.3) is 11.8 Å². The van der Waals surface area contributed by atoms with Crippen molar-refractivity contribution in [3.63, 3.8) is 0 Å². The summed E-state index contributed by atoms with van der Waals surface area (Å²) in [6, 6.07) is 9.19. The van der Waals surface area contributed by atoms with Crippen LogP contribution in [0.3, 0.4) is 0 Å². The molecule has 5 aliphatic rings. The summed E-state index contributed by atoms with van der Waals surface area (Å²) < 4.78 is 25.0. The summed E-state index contributed by atoms with van der Waals surface area (Å²) in [5.74, 6) is -0.289. The predicted molar refractivity (Wildman–Crippen MR) is 138 cm³/mol. The number of benzene rings is 2. The Balaban J connectivity index is 1.02. The van der Waals surface area contributed by atoms with E-state index in [0.29, 0.717) is 36.5 Å². The van der Waals surface area contributed by atoms with Gasteiger partial charge >= 0.3 is 0 Å². The molecular weight excluding hydrogens is 536 g/mol. The van der Waals surface area contributed by atoms with Gasteiger partial charge in [-0.15, -0.1) is 0 Å². The highest BCUT2D eigenvalue weighted by Gasteiger charge is 2.69. The number of amides is 2. The zero-order valence-corrected chi connectivity index (χ0v) is 22.0. The maximum Gasteiger partial charge on any atom is 0.261 e. The molecular formula is C27H28Cl2FN3O5. The van der Waals surface area contributed by atoms with Gasteiger partial charge in [0.05, 0.1) is 11.6 Å². The number of hydrogen-bond acceptors (Lipinski definition) is 6. The number of hydrogen-bond donors (Lipinski definition) is 4.